The number of halogens is 1. The number of carbonyl (C=O) groups is 1. The number of methoxy groups -OCH3 is 2. The van der Waals surface area contributed by atoms with Crippen LogP contribution < -0.4 is 14.2 Å². The second-order valence-corrected chi connectivity index (χ2v) is 5.74. The molecule has 0 heterocycles. The number of carbonyl (C=O) groups excluding carboxylic acids is 1. The minimum Gasteiger partial charge on any atom is -0.493 e. The molecule has 2 aromatic rings. The van der Waals surface area contributed by atoms with Crippen LogP contribution in [0.2, 0.25) is 0 Å². The van der Waals surface area contributed by atoms with E-state index in [4.69, 9.17) is 14.2 Å². The maximum atomic E-state index is 12.3. The fourth-order valence-corrected chi connectivity index (χ4v) is 2.86. The van der Waals surface area contributed by atoms with E-state index in [1.165, 1.54) is 7.11 Å². The molecule has 0 unspecified atom stereocenters. The van der Waals surface area contributed by atoms with Gasteiger partial charge in [-0.25, -0.2) is 4.79 Å². The third kappa shape index (κ3) is 3.42. The Balaban J connectivity index is 2.30. The molecule has 22 heavy (non-hydrogen) atoms. The van der Waals surface area contributed by atoms with E-state index < -0.39 is 5.97 Å². The molecule has 0 spiro atoms. The molecule has 0 aliphatic rings. The summed E-state index contributed by atoms with van der Waals surface area (Å²) in [4.78, 5) is 12.3. The van der Waals surface area contributed by atoms with Gasteiger partial charge in [0.2, 0.25) is 0 Å². The van der Waals surface area contributed by atoms with Crippen molar-refractivity contribution in [3.63, 3.8) is 0 Å². The highest BCUT2D eigenvalue weighted by Gasteiger charge is 2.15. The van der Waals surface area contributed by atoms with Gasteiger partial charge in [0, 0.05) is 4.47 Å². The minimum absolute atomic E-state index is 0.402. The number of esters is 1. The zero-order valence-corrected chi connectivity index (χ0v) is 14.5. The van der Waals surface area contributed by atoms with Crippen molar-refractivity contribution in [3.05, 3.63) is 51.5 Å². The summed E-state index contributed by atoms with van der Waals surface area (Å²) in [7, 11) is 3.07. The monoisotopic (exact) mass is 364 g/mol. The fraction of sp³-hybridized carbons (Fsp3) is 0.235. The van der Waals surface area contributed by atoms with Gasteiger partial charge in [-0.05, 0) is 55.3 Å². The van der Waals surface area contributed by atoms with Crippen LogP contribution in [-0.2, 0) is 0 Å². The lowest BCUT2D eigenvalue weighted by Gasteiger charge is -2.12. The molecule has 0 aromatic heterocycles. The Bertz CT molecular complexity index is 687. The predicted octanol–water partition coefficient (Wildman–Crippen LogP) is 4.30. The average molecular weight is 365 g/mol. The Morgan fingerprint density at radius 1 is 0.955 bits per heavy atom. The van der Waals surface area contributed by atoms with Gasteiger partial charge >= 0.3 is 5.97 Å². The normalized spacial score (nSPS) is 10.2. The Morgan fingerprint density at radius 2 is 1.55 bits per heavy atom. The third-order valence-corrected chi connectivity index (χ3v) is 3.70. The van der Waals surface area contributed by atoms with Crippen LogP contribution in [0.3, 0.4) is 0 Å². The summed E-state index contributed by atoms with van der Waals surface area (Å²) in [6, 6.07) is 8.74. The first-order valence-electron chi connectivity index (χ1n) is 6.67. The van der Waals surface area contributed by atoms with Crippen LogP contribution in [0, 0.1) is 13.8 Å². The van der Waals surface area contributed by atoms with Crippen LogP contribution in [0.25, 0.3) is 0 Å². The van der Waals surface area contributed by atoms with Gasteiger partial charge in [0.1, 0.15) is 5.75 Å². The van der Waals surface area contributed by atoms with Gasteiger partial charge in [0.15, 0.2) is 11.5 Å². The van der Waals surface area contributed by atoms with Crippen molar-refractivity contribution in [1.29, 1.82) is 0 Å². The highest BCUT2D eigenvalue weighted by atomic mass is 79.9. The number of ether oxygens (including phenoxy) is 3. The first-order valence-corrected chi connectivity index (χ1v) is 7.46. The van der Waals surface area contributed by atoms with Crippen molar-refractivity contribution >= 4 is 21.9 Å². The van der Waals surface area contributed by atoms with Crippen LogP contribution in [-0.4, -0.2) is 20.2 Å². The van der Waals surface area contributed by atoms with Gasteiger partial charge in [-0.1, -0.05) is 15.9 Å². The molecule has 2 aromatic carbocycles. The molecule has 0 amide bonds. The lowest BCUT2D eigenvalue weighted by atomic mass is 10.1. The molecule has 0 saturated carbocycles. The minimum atomic E-state index is -0.436. The van der Waals surface area contributed by atoms with E-state index in [-0.39, 0.29) is 0 Å². The summed E-state index contributed by atoms with van der Waals surface area (Å²) in [6.07, 6.45) is 0. The van der Waals surface area contributed by atoms with Crippen LogP contribution in [0.1, 0.15) is 21.5 Å². The standard InChI is InChI=1S/C17H17BrO4/c1-10-7-13(18)8-11(2)16(10)22-17(19)12-5-6-14(20-3)15(9-12)21-4/h5-9H,1-4H3. The molecule has 0 bridgehead atoms. The van der Waals surface area contributed by atoms with E-state index in [0.29, 0.717) is 22.8 Å². The lowest BCUT2D eigenvalue weighted by molar-refractivity contribution is 0.0732. The predicted molar refractivity (Wildman–Crippen MR) is 88.1 cm³/mol. The van der Waals surface area contributed by atoms with E-state index in [2.05, 4.69) is 15.9 Å². The Morgan fingerprint density at radius 3 is 2.09 bits per heavy atom. The number of aryl methyl sites for hydroxylation is 2. The summed E-state index contributed by atoms with van der Waals surface area (Å²) in [5.74, 6) is 1.19. The zero-order valence-electron chi connectivity index (χ0n) is 12.9. The summed E-state index contributed by atoms with van der Waals surface area (Å²) in [5, 5.41) is 0. The number of hydrogen-bond acceptors (Lipinski definition) is 4. The van der Waals surface area contributed by atoms with E-state index in [1.54, 1.807) is 25.3 Å². The molecule has 2 rings (SSSR count). The highest BCUT2D eigenvalue weighted by Crippen LogP contribution is 2.30. The zero-order chi connectivity index (χ0) is 16.3. The van der Waals surface area contributed by atoms with Gasteiger partial charge in [0.05, 0.1) is 19.8 Å². The lowest BCUT2D eigenvalue weighted by Crippen LogP contribution is -2.10. The SMILES string of the molecule is COc1ccc(C(=O)Oc2c(C)cc(Br)cc2C)cc1OC. The largest absolute Gasteiger partial charge is 0.493 e. The molecule has 4 nitrogen and oxygen atoms in total. The molecule has 0 atom stereocenters. The molecule has 0 N–H and O–H groups in total. The molecule has 0 aliphatic carbocycles. The molecule has 0 fully saturated rings. The Labute approximate surface area is 138 Å². The summed E-state index contributed by atoms with van der Waals surface area (Å²) >= 11 is 3.42. The first-order chi connectivity index (χ1) is 10.5. The summed E-state index contributed by atoms with van der Waals surface area (Å²) in [6.45, 7) is 3.80. The topological polar surface area (TPSA) is 44.8 Å². The maximum absolute atomic E-state index is 12.3. The second kappa shape index (κ2) is 6.83. The van der Waals surface area contributed by atoms with Crippen molar-refractivity contribution < 1.29 is 19.0 Å². The summed E-state index contributed by atoms with van der Waals surface area (Å²) < 4.78 is 16.8. The van der Waals surface area contributed by atoms with Gasteiger partial charge in [-0.2, -0.15) is 0 Å². The number of hydrogen-bond donors (Lipinski definition) is 0. The van der Waals surface area contributed by atoms with Crippen LogP contribution in [0.15, 0.2) is 34.8 Å². The summed E-state index contributed by atoms with van der Waals surface area (Å²) in [5.41, 5.74) is 2.18. The molecular weight excluding hydrogens is 348 g/mol. The quantitative estimate of drug-likeness (QED) is 0.599. The second-order valence-electron chi connectivity index (χ2n) is 4.83. The molecular formula is C17H17BrO4. The van der Waals surface area contributed by atoms with E-state index >= 15 is 0 Å². The van der Waals surface area contributed by atoms with E-state index in [0.717, 1.165) is 15.6 Å². The molecule has 0 saturated heterocycles. The van der Waals surface area contributed by atoms with Gasteiger partial charge in [0.25, 0.3) is 0 Å². The highest BCUT2D eigenvalue weighted by molar-refractivity contribution is 9.10. The maximum Gasteiger partial charge on any atom is 0.343 e. The van der Waals surface area contributed by atoms with Gasteiger partial charge < -0.3 is 14.2 Å². The van der Waals surface area contributed by atoms with Crippen molar-refractivity contribution in [1.82, 2.24) is 0 Å². The van der Waals surface area contributed by atoms with Crippen LogP contribution in [0.5, 0.6) is 17.2 Å². The van der Waals surface area contributed by atoms with Crippen molar-refractivity contribution in [2.75, 3.05) is 14.2 Å². The Hall–Kier alpha value is -2.01. The number of rotatable bonds is 4. The van der Waals surface area contributed by atoms with Gasteiger partial charge in [-0.3, -0.25) is 0 Å². The number of benzene rings is 2. The van der Waals surface area contributed by atoms with E-state index in [1.807, 2.05) is 26.0 Å². The Kier molecular flexibility index (Phi) is 5.08. The fourth-order valence-electron chi connectivity index (χ4n) is 2.17. The average Bonchev–Trinajstić information content (AvgIpc) is 2.49. The molecule has 0 radical (unpaired) electrons. The molecule has 0 aliphatic heterocycles. The molecule has 116 valence electrons. The van der Waals surface area contributed by atoms with Crippen LogP contribution >= 0.6 is 15.9 Å². The van der Waals surface area contributed by atoms with E-state index in [9.17, 15) is 4.79 Å². The third-order valence-electron chi connectivity index (χ3n) is 3.24. The van der Waals surface area contributed by atoms with Crippen LogP contribution in [0.4, 0.5) is 0 Å². The molecule has 5 heteroatoms. The smallest absolute Gasteiger partial charge is 0.343 e. The van der Waals surface area contributed by atoms with Crippen molar-refractivity contribution in [3.8, 4) is 17.2 Å². The van der Waals surface area contributed by atoms with Gasteiger partial charge in [-0.15, -0.1) is 0 Å². The van der Waals surface area contributed by atoms with Crippen molar-refractivity contribution in [2.24, 2.45) is 0 Å². The first kappa shape index (κ1) is 16.4. The van der Waals surface area contributed by atoms with Crippen molar-refractivity contribution in [2.45, 2.75) is 13.8 Å².